The summed E-state index contributed by atoms with van der Waals surface area (Å²) < 4.78 is 0. The molecule has 0 spiro atoms. The molecule has 1 fully saturated rings. The molecule has 0 aromatic heterocycles. The molecular weight excluding hydrogens is 168 g/mol. The second-order valence-corrected chi connectivity index (χ2v) is 3.97. The monoisotopic (exact) mass is 186 g/mol. The quantitative estimate of drug-likeness (QED) is 0.600. The van der Waals surface area contributed by atoms with E-state index in [9.17, 15) is 4.79 Å². The number of aliphatic hydroxyl groups is 1. The highest BCUT2D eigenvalue weighted by Crippen LogP contribution is 2.25. The zero-order valence-electron chi connectivity index (χ0n) is 8.21. The molecule has 1 rings (SSSR count). The molecule has 0 aromatic rings. The molecule has 1 atom stereocenters. The van der Waals surface area contributed by atoms with Crippen LogP contribution in [0.4, 0.5) is 4.79 Å². The molecule has 1 saturated carbocycles. The highest BCUT2D eigenvalue weighted by molar-refractivity contribution is 5.74. The Morgan fingerprint density at radius 1 is 1.62 bits per heavy atom. The molecule has 76 valence electrons. The molecule has 0 saturated heterocycles. The fourth-order valence-electron chi connectivity index (χ4n) is 1.52. The summed E-state index contributed by atoms with van der Waals surface area (Å²) >= 11 is 0. The van der Waals surface area contributed by atoms with Gasteiger partial charge in [-0.05, 0) is 25.7 Å². The lowest BCUT2D eigenvalue weighted by Gasteiger charge is -2.33. The van der Waals surface area contributed by atoms with Crippen LogP contribution in [0, 0.1) is 5.92 Å². The van der Waals surface area contributed by atoms with Crippen LogP contribution < -0.4 is 10.6 Å². The molecule has 0 radical (unpaired) electrons. The summed E-state index contributed by atoms with van der Waals surface area (Å²) in [5.41, 5.74) is 0. The Hall–Kier alpha value is -0.770. The molecule has 0 aromatic carbocycles. The van der Waals surface area contributed by atoms with Gasteiger partial charge < -0.3 is 15.7 Å². The molecule has 1 unspecified atom stereocenters. The first-order chi connectivity index (χ1) is 6.11. The van der Waals surface area contributed by atoms with Crippen LogP contribution in [0.1, 0.15) is 26.7 Å². The van der Waals surface area contributed by atoms with Gasteiger partial charge in [0.15, 0.2) is 0 Å². The number of hydrogen-bond donors (Lipinski definition) is 3. The van der Waals surface area contributed by atoms with Crippen LogP contribution in [0.3, 0.4) is 0 Å². The average Bonchev–Trinajstić information content (AvgIpc) is 2.01. The van der Waals surface area contributed by atoms with Gasteiger partial charge in [-0.3, -0.25) is 0 Å². The van der Waals surface area contributed by atoms with Gasteiger partial charge in [0.2, 0.25) is 0 Å². The van der Waals surface area contributed by atoms with Crippen molar-refractivity contribution in [3.05, 3.63) is 0 Å². The Kier molecular flexibility index (Phi) is 3.54. The molecule has 13 heavy (non-hydrogen) atoms. The number of aliphatic hydroxyl groups excluding tert-OH is 1. The molecular formula is C9H18N2O2. The maximum absolute atomic E-state index is 11.2. The highest BCUT2D eigenvalue weighted by Gasteiger charge is 2.26. The Morgan fingerprint density at radius 3 is 2.69 bits per heavy atom. The molecule has 4 heteroatoms. The minimum absolute atomic E-state index is 0.0194. The first-order valence-corrected chi connectivity index (χ1v) is 4.79. The third-order valence-corrected chi connectivity index (χ3v) is 2.36. The minimum Gasteiger partial charge on any atom is -0.394 e. The van der Waals surface area contributed by atoms with Crippen LogP contribution >= 0.6 is 0 Å². The molecule has 2 amide bonds. The molecule has 0 aliphatic heterocycles. The van der Waals surface area contributed by atoms with Crippen molar-refractivity contribution in [3.63, 3.8) is 0 Å². The van der Waals surface area contributed by atoms with Gasteiger partial charge >= 0.3 is 6.03 Å². The Morgan fingerprint density at radius 2 is 2.23 bits per heavy atom. The first-order valence-electron chi connectivity index (χ1n) is 4.79. The van der Waals surface area contributed by atoms with Crippen molar-refractivity contribution < 1.29 is 9.90 Å². The van der Waals surface area contributed by atoms with Crippen LogP contribution in [0.25, 0.3) is 0 Å². The largest absolute Gasteiger partial charge is 0.394 e. The Balaban J connectivity index is 2.11. The molecule has 4 nitrogen and oxygen atoms in total. The van der Waals surface area contributed by atoms with E-state index in [4.69, 9.17) is 5.11 Å². The number of carbonyl (C=O) groups excluding carboxylic acids is 1. The number of nitrogens with one attached hydrogen (secondary N) is 2. The second kappa shape index (κ2) is 4.46. The molecule has 1 aliphatic carbocycles. The predicted octanol–water partition coefficient (Wildman–Crippen LogP) is 0.465. The van der Waals surface area contributed by atoms with E-state index >= 15 is 0 Å². The zero-order chi connectivity index (χ0) is 9.84. The molecule has 3 N–H and O–H groups in total. The standard InChI is InChI=1S/C9H18N2O2/c1-6-3-8(4-6)11-9(13)10-7(2)5-12/h6-8,12H,3-5H2,1-2H3,(H2,10,11,13). The lowest BCUT2D eigenvalue weighted by molar-refractivity contribution is 0.198. The molecule has 0 bridgehead atoms. The van der Waals surface area contributed by atoms with Gasteiger partial charge in [0.05, 0.1) is 12.6 Å². The maximum atomic E-state index is 11.2. The van der Waals surface area contributed by atoms with Crippen molar-refractivity contribution in [2.45, 2.75) is 38.8 Å². The lowest BCUT2D eigenvalue weighted by atomic mass is 9.82. The predicted molar refractivity (Wildman–Crippen MR) is 50.4 cm³/mol. The third kappa shape index (κ3) is 3.22. The Labute approximate surface area is 78.7 Å². The van der Waals surface area contributed by atoms with Crippen molar-refractivity contribution in [2.24, 2.45) is 5.92 Å². The topological polar surface area (TPSA) is 61.4 Å². The lowest BCUT2D eigenvalue weighted by Crippen LogP contribution is -2.50. The highest BCUT2D eigenvalue weighted by atomic mass is 16.3. The zero-order valence-corrected chi connectivity index (χ0v) is 8.21. The fourth-order valence-corrected chi connectivity index (χ4v) is 1.52. The van der Waals surface area contributed by atoms with Gasteiger partial charge in [-0.2, -0.15) is 0 Å². The second-order valence-electron chi connectivity index (χ2n) is 3.97. The van der Waals surface area contributed by atoms with E-state index in [-0.39, 0.29) is 18.7 Å². The summed E-state index contributed by atoms with van der Waals surface area (Å²) in [5, 5.41) is 14.2. The number of urea groups is 1. The van der Waals surface area contributed by atoms with Crippen LogP contribution in [-0.2, 0) is 0 Å². The van der Waals surface area contributed by atoms with Crippen LogP contribution in [-0.4, -0.2) is 29.8 Å². The number of carbonyl (C=O) groups is 1. The van der Waals surface area contributed by atoms with E-state index in [1.54, 1.807) is 6.92 Å². The van der Waals surface area contributed by atoms with Crippen LogP contribution in [0.2, 0.25) is 0 Å². The maximum Gasteiger partial charge on any atom is 0.315 e. The van der Waals surface area contributed by atoms with Crippen molar-refractivity contribution in [2.75, 3.05) is 6.61 Å². The van der Waals surface area contributed by atoms with Gasteiger partial charge in [-0.25, -0.2) is 4.79 Å². The summed E-state index contributed by atoms with van der Waals surface area (Å²) in [5.74, 6) is 0.737. The van der Waals surface area contributed by atoms with Crippen LogP contribution in [0.15, 0.2) is 0 Å². The van der Waals surface area contributed by atoms with E-state index in [0.717, 1.165) is 18.8 Å². The fraction of sp³-hybridized carbons (Fsp3) is 0.889. The van der Waals surface area contributed by atoms with Crippen molar-refractivity contribution in [1.82, 2.24) is 10.6 Å². The number of amides is 2. The Bertz CT molecular complexity index is 178. The number of hydrogen-bond acceptors (Lipinski definition) is 2. The van der Waals surface area contributed by atoms with E-state index in [0.29, 0.717) is 6.04 Å². The van der Waals surface area contributed by atoms with E-state index < -0.39 is 0 Å². The van der Waals surface area contributed by atoms with E-state index in [1.807, 2.05) is 0 Å². The first kappa shape index (κ1) is 10.3. The van der Waals surface area contributed by atoms with Gasteiger partial charge in [-0.15, -0.1) is 0 Å². The summed E-state index contributed by atoms with van der Waals surface area (Å²) in [4.78, 5) is 11.2. The minimum atomic E-state index is -0.169. The van der Waals surface area contributed by atoms with Crippen molar-refractivity contribution >= 4 is 6.03 Å². The van der Waals surface area contributed by atoms with Gasteiger partial charge in [0.1, 0.15) is 0 Å². The third-order valence-electron chi connectivity index (χ3n) is 2.36. The van der Waals surface area contributed by atoms with Gasteiger partial charge in [0.25, 0.3) is 0 Å². The number of rotatable bonds is 3. The summed E-state index contributed by atoms with van der Waals surface area (Å²) in [6.45, 7) is 3.92. The summed E-state index contributed by atoms with van der Waals surface area (Å²) in [7, 11) is 0. The van der Waals surface area contributed by atoms with E-state index in [2.05, 4.69) is 17.6 Å². The normalized spacial score (nSPS) is 28.8. The summed E-state index contributed by atoms with van der Waals surface area (Å²) in [6.07, 6.45) is 2.14. The van der Waals surface area contributed by atoms with Crippen molar-refractivity contribution in [3.8, 4) is 0 Å². The SMILES string of the molecule is CC1CC(NC(=O)NC(C)CO)C1. The summed E-state index contributed by atoms with van der Waals surface area (Å²) in [6, 6.07) is -0.00292. The van der Waals surface area contributed by atoms with Crippen LogP contribution in [0.5, 0.6) is 0 Å². The smallest absolute Gasteiger partial charge is 0.315 e. The average molecular weight is 186 g/mol. The van der Waals surface area contributed by atoms with E-state index in [1.165, 1.54) is 0 Å². The molecule has 0 heterocycles. The van der Waals surface area contributed by atoms with Gasteiger partial charge in [-0.1, -0.05) is 6.92 Å². The van der Waals surface area contributed by atoms with Gasteiger partial charge in [0, 0.05) is 6.04 Å². The molecule has 1 aliphatic rings. The van der Waals surface area contributed by atoms with Crippen molar-refractivity contribution in [1.29, 1.82) is 0 Å².